The molecule has 26 heavy (non-hydrogen) atoms. The van der Waals surface area contributed by atoms with Crippen LogP contribution in [0.2, 0.25) is 0 Å². The Labute approximate surface area is 150 Å². The molecule has 2 aromatic rings. The van der Waals surface area contributed by atoms with Crippen LogP contribution in [0.15, 0.2) is 24.3 Å². The van der Waals surface area contributed by atoms with Crippen LogP contribution in [0.1, 0.15) is 68.9 Å². The van der Waals surface area contributed by atoms with Gasteiger partial charge in [0.05, 0.1) is 11.1 Å². The summed E-state index contributed by atoms with van der Waals surface area (Å²) < 4.78 is 0. The smallest absolute Gasteiger partial charge is 0.261 e. The van der Waals surface area contributed by atoms with Crippen molar-refractivity contribution in [3.63, 3.8) is 0 Å². The van der Waals surface area contributed by atoms with Crippen LogP contribution in [0.5, 0.6) is 0 Å². The van der Waals surface area contributed by atoms with Gasteiger partial charge >= 0.3 is 0 Å². The minimum atomic E-state index is -0.365. The van der Waals surface area contributed by atoms with Crippen LogP contribution >= 0.6 is 0 Å². The van der Waals surface area contributed by atoms with Gasteiger partial charge in [-0.3, -0.25) is 24.4 Å². The van der Waals surface area contributed by atoms with E-state index in [4.69, 9.17) is 0 Å². The van der Waals surface area contributed by atoms with Crippen molar-refractivity contribution in [2.75, 3.05) is 5.32 Å². The number of amides is 3. The highest BCUT2D eigenvalue weighted by Crippen LogP contribution is 2.31. The lowest BCUT2D eigenvalue weighted by Crippen LogP contribution is -2.40. The lowest BCUT2D eigenvalue weighted by atomic mass is 9.94. The fourth-order valence-electron chi connectivity index (χ4n) is 3.74. The molecule has 134 valence electrons. The molecule has 1 fully saturated rings. The van der Waals surface area contributed by atoms with Crippen molar-refractivity contribution in [1.82, 2.24) is 15.1 Å². The molecule has 1 aromatic heterocycles. The Kier molecular flexibility index (Phi) is 4.06. The van der Waals surface area contributed by atoms with Crippen LogP contribution in [0.3, 0.4) is 0 Å². The Morgan fingerprint density at radius 2 is 1.85 bits per heavy atom. The monoisotopic (exact) mass is 352 g/mol. The van der Waals surface area contributed by atoms with E-state index < -0.39 is 0 Å². The molecule has 2 aliphatic rings. The predicted molar refractivity (Wildman–Crippen MR) is 95.1 cm³/mol. The molecule has 1 saturated carbocycles. The number of carbonyl (C=O) groups excluding carboxylic acids is 3. The summed E-state index contributed by atoms with van der Waals surface area (Å²) in [6, 6.07) is 6.34. The van der Waals surface area contributed by atoms with Crippen molar-refractivity contribution in [2.24, 2.45) is 0 Å². The Morgan fingerprint density at radius 1 is 1.12 bits per heavy atom. The van der Waals surface area contributed by atoms with Gasteiger partial charge in [0.15, 0.2) is 5.82 Å². The summed E-state index contributed by atoms with van der Waals surface area (Å²) in [4.78, 5) is 39.3. The van der Waals surface area contributed by atoms with Gasteiger partial charge in [-0.1, -0.05) is 19.3 Å². The number of fused-ring (bicyclic) bond motifs is 1. The van der Waals surface area contributed by atoms with Gasteiger partial charge in [0.25, 0.3) is 17.7 Å². The molecule has 7 nitrogen and oxygen atoms in total. The average molecular weight is 352 g/mol. The standard InChI is InChI=1S/C19H20N4O3/c1-11-9-16(22-21-11)20-17(24)12-7-8-14-15(10-12)19(26)23(18(14)25)13-5-3-2-4-6-13/h7-10,13H,2-6H2,1H3,(H2,20,21,22,24). The summed E-state index contributed by atoms with van der Waals surface area (Å²) in [5, 5.41) is 9.40. The predicted octanol–water partition coefficient (Wildman–Crippen LogP) is 2.90. The fraction of sp³-hybridized carbons (Fsp3) is 0.368. The minimum Gasteiger partial charge on any atom is -0.305 e. The number of aromatic amines is 1. The molecule has 0 radical (unpaired) electrons. The number of aromatic nitrogens is 2. The fourth-order valence-corrected chi connectivity index (χ4v) is 3.74. The maximum absolute atomic E-state index is 12.8. The molecule has 0 unspecified atom stereocenters. The number of carbonyl (C=O) groups is 3. The number of nitrogens with zero attached hydrogens (tertiary/aromatic N) is 2. The zero-order valence-electron chi connectivity index (χ0n) is 14.5. The maximum atomic E-state index is 12.8. The van der Waals surface area contributed by atoms with Crippen molar-refractivity contribution < 1.29 is 14.4 Å². The van der Waals surface area contributed by atoms with Crippen LogP contribution in [0.25, 0.3) is 0 Å². The first-order valence-electron chi connectivity index (χ1n) is 8.90. The summed E-state index contributed by atoms with van der Waals surface area (Å²) in [6.45, 7) is 1.84. The molecule has 2 heterocycles. The van der Waals surface area contributed by atoms with E-state index in [1.54, 1.807) is 18.2 Å². The van der Waals surface area contributed by atoms with Crippen molar-refractivity contribution in [1.29, 1.82) is 0 Å². The molecule has 1 aromatic carbocycles. The molecular formula is C19H20N4O3. The Hall–Kier alpha value is -2.96. The zero-order chi connectivity index (χ0) is 18.3. The highest BCUT2D eigenvalue weighted by Gasteiger charge is 2.40. The van der Waals surface area contributed by atoms with Gasteiger partial charge in [0.2, 0.25) is 0 Å². The summed E-state index contributed by atoms with van der Waals surface area (Å²) in [6.07, 6.45) is 4.94. The number of rotatable bonds is 3. The molecule has 0 bridgehead atoms. The van der Waals surface area contributed by atoms with Gasteiger partial charge < -0.3 is 5.32 Å². The first-order chi connectivity index (χ1) is 12.5. The molecule has 1 aliphatic carbocycles. The first-order valence-corrected chi connectivity index (χ1v) is 8.90. The lowest BCUT2D eigenvalue weighted by molar-refractivity contribution is 0.0549. The molecule has 0 saturated heterocycles. The van der Waals surface area contributed by atoms with Crippen LogP contribution in [-0.4, -0.2) is 38.9 Å². The van der Waals surface area contributed by atoms with E-state index in [2.05, 4.69) is 15.5 Å². The van der Waals surface area contributed by atoms with Crippen LogP contribution in [0, 0.1) is 6.92 Å². The Balaban J connectivity index is 1.58. The molecule has 4 rings (SSSR count). The van der Waals surface area contributed by atoms with Crippen molar-refractivity contribution >= 4 is 23.5 Å². The average Bonchev–Trinajstić information content (AvgIpc) is 3.16. The van der Waals surface area contributed by atoms with Gasteiger partial charge in [-0.2, -0.15) is 5.10 Å². The van der Waals surface area contributed by atoms with Crippen molar-refractivity contribution in [2.45, 2.75) is 45.1 Å². The van der Waals surface area contributed by atoms with Crippen LogP contribution in [0.4, 0.5) is 5.82 Å². The van der Waals surface area contributed by atoms with Gasteiger partial charge in [-0.05, 0) is 38.0 Å². The third kappa shape index (κ3) is 2.79. The summed E-state index contributed by atoms with van der Waals surface area (Å²) >= 11 is 0. The number of hydrogen-bond acceptors (Lipinski definition) is 4. The molecule has 1 aliphatic heterocycles. The molecule has 0 atom stereocenters. The number of anilines is 1. The van der Waals surface area contributed by atoms with E-state index >= 15 is 0 Å². The third-order valence-corrected chi connectivity index (χ3v) is 5.07. The number of benzene rings is 1. The Morgan fingerprint density at radius 3 is 2.54 bits per heavy atom. The number of aryl methyl sites for hydroxylation is 1. The zero-order valence-corrected chi connectivity index (χ0v) is 14.5. The van der Waals surface area contributed by atoms with E-state index in [1.807, 2.05) is 6.92 Å². The summed E-state index contributed by atoms with van der Waals surface area (Å²) in [7, 11) is 0. The minimum absolute atomic E-state index is 0.0274. The Bertz CT molecular complexity index is 896. The van der Waals surface area contributed by atoms with E-state index in [1.165, 1.54) is 11.0 Å². The van der Waals surface area contributed by atoms with E-state index in [0.717, 1.165) is 37.8 Å². The quantitative estimate of drug-likeness (QED) is 0.830. The van der Waals surface area contributed by atoms with Gasteiger partial charge in [0.1, 0.15) is 0 Å². The molecule has 7 heteroatoms. The maximum Gasteiger partial charge on any atom is 0.261 e. The van der Waals surface area contributed by atoms with Gasteiger partial charge in [-0.15, -0.1) is 0 Å². The highest BCUT2D eigenvalue weighted by atomic mass is 16.2. The SMILES string of the molecule is Cc1cc(NC(=O)c2ccc3c(c2)C(=O)N(C2CCCCC2)C3=O)n[nH]1. The highest BCUT2D eigenvalue weighted by molar-refractivity contribution is 6.22. The normalized spacial score (nSPS) is 17.5. The van der Waals surface area contributed by atoms with Crippen molar-refractivity contribution in [3.05, 3.63) is 46.6 Å². The number of nitrogens with one attached hydrogen (secondary N) is 2. The summed E-state index contributed by atoms with van der Waals surface area (Å²) in [5.74, 6) is -0.483. The topological polar surface area (TPSA) is 95.2 Å². The molecule has 3 amide bonds. The second-order valence-corrected chi connectivity index (χ2v) is 6.92. The van der Waals surface area contributed by atoms with Crippen LogP contribution in [-0.2, 0) is 0 Å². The molecule has 2 N–H and O–H groups in total. The van der Waals surface area contributed by atoms with Gasteiger partial charge in [-0.25, -0.2) is 0 Å². The van der Waals surface area contributed by atoms with E-state index in [9.17, 15) is 14.4 Å². The lowest BCUT2D eigenvalue weighted by Gasteiger charge is -2.29. The molecule has 0 spiro atoms. The van der Waals surface area contributed by atoms with Crippen molar-refractivity contribution in [3.8, 4) is 0 Å². The van der Waals surface area contributed by atoms with E-state index in [-0.39, 0.29) is 23.8 Å². The van der Waals surface area contributed by atoms with E-state index in [0.29, 0.717) is 22.5 Å². The summed E-state index contributed by atoms with van der Waals surface area (Å²) in [5.41, 5.74) is 1.85. The van der Waals surface area contributed by atoms with Crippen LogP contribution < -0.4 is 5.32 Å². The molecular weight excluding hydrogens is 332 g/mol. The second kappa shape index (κ2) is 6.40. The van der Waals surface area contributed by atoms with Gasteiger partial charge in [0, 0.05) is 23.4 Å². The number of H-pyrrole nitrogens is 1. The first kappa shape index (κ1) is 16.5. The second-order valence-electron chi connectivity index (χ2n) is 6.92. The third-order valence-electron chi connectivity index (χ3n) is 5.07. The number of imide groups is 1. The largest absolute Gasteiger partial charge is 0.305 e. The number of hydrogen-bond donors (Lipinski definition) is 2.